The number of thioether (sulfide) groups is 1. The van der Waals surface area contributed by atoms with Crippen molar-refractivity contribution in [2.24, 2.45) is 0 Å². The SMILES string of the molecule is C/C=C\c1c(C)c(Nc2ccc(C/C=C\C=C3/CSc4ccccc43)cc2)cc2ccccc12. The van der Waals surface area contributed by atoms with Crippen molar-refractivity contribution in [2.45, 2.75) is 25.2 Å². The van der Waals surface area contributed by atoms with Crippen molar-refractivity contribution in [3.8, 4) is 0 Å². The van der Waals surface area contributed by atoms with Crippen molar-refractivity contribution in [1.29, 1.82) is 0 Å². The molecule has 5 rings (SSSR count). The normalized spacial score (nSPS) is 14.5. The van der Waals surface area contributed by atoms with Crippen LogP contribution in [-0.4, -0.2) is 5.75 Å². The molecule has 34 heavy (non-hydrogen) atoms. The van der Waals surface area contributed by atoms with Gasteiger partial charge in [0.25, 0.3) is 0 Å². The molecule has 0 bridgehead atoms. The van der Waals surface area contributed by atoms with E-state index >= 15 is 0 Å². The maximum atomic E-state index is 3.64. The van der Waals surface area contributed by atoms with Crippen molar-refractivity contribution in [2.75, 3.05) is 11.1 Å². The number of hydrogen-bond acceptors (Lipinski definition) is 2. The van der Waals surface area contributed by atoms with Gasteiger partial charge in [-0.1, -0.05) is 85.0 Å². The van der Waals surface area contributed by atoms with E-state index in [0.29, 0.717) is 0 Å². The van der Waals surface area contributed by atoms with Crippen LogP contribution in [0.1, 0.15) is 29.2 Å². The van der Waals surface area contributed by atoms with Gasteiger partial charge in [0.2, 0.25) is 0 Å². The van der Waals surface area contributed by atoms with Crippen molar-refractivity contribution < 1.29 is 0 Å². The Bertz CT molecular complexity index is 1410. The molecule has 0 radical (unpaired) electrons. The monoisotopic (exact) mass is 459 g/mol. The van der Waals surface area contributed by atoms with Crippen molar-refractivity contribution >= 4 is 45.6 Å². The average Bonchev–Trinajstić information content (AvgIpc) is 3.28. The first-order chi connectivity index (χ1) is 16.7. The Balaban J connectivity index is 1.28. The summed E-state index contributed by atoms with van der Waals surface area (Å²) in [4.78, 5) is 1.39. The highest BCUT2D eigenvalue weighted by atomic mass is 32.2. The Morgan fingerprint density at radius 1 is 0.941 bits per heavy atom. The van der Waals surface area contributed by atoms with Crippen molar-refractivity contribution in [3.63, 3.8) is 0 Å². The largest absolute Gasteiger partial charge is 0.355 e. The topological polar surface area (TPSA) is 12.0 Å². The van der Waals surface area contributed by atoms with Gasteiger partial charge in [0.1, 0.15) is 0 Å². The molecule has 0 fully saturated rings. The summed E-state index contributed by atoms with van der Waals surface area (Å²) in [7, 11) is 0. The van der Waals surface area contributed by atoms with Gasteiger partial charge in [-0.3, -0.25) is 0 Å². The van der Waals surface area contributed by atoms with Gasteiger partial charge in [-0.05, 0) is 83.1 Å². The van der Waals surface area contributed by atoms with E-state index in [4.69, 9.17) is 0 Å². The van der Waals surface area contributed by atoms with Crippen LogP contribution < -0.4 is 5.32 Å². The van der Waals surface area contributed by atoms with Gasteiger partial charge in [-0.15, -0.1) is 11.8 Å². The van der Waals surface area contributed by atoms with Crippen LogP contribution in [-0.2, 0) is 6.42 Å². The van der Waals surface area contributed by atoms with Gasteiger partial charge in [0, 0.05) is 22.0 Å². The second-order valence-electron chi connectivity index (χ2n) is 8.61. The maximum absolute atomic E-state index is 3.64. The third-order valence-corrected chi connectivity index (χ3v) is 7.45. The zero-order chi connectivity index (χ0) is 23.3. The Morgan fingerprint density at radius 2 is 1.74 bits per heavy atom. The minimum atomic E-state index is 0.930. The van der Waals surface area contributed by atoms with Gasteiger partial charge in [-0.25, -0.2) is 0 Å². The second kappa shape index (κ2) is 10.2. The van der Waals surface area contributed by atoms with Crippen LogP contribution in [0.5, 0.6) is 0 Å². The zero-order valence-corrected chi connectivity index (χ0v) is 20.5. The number of fused-ring (bicyclic) bond motifs is 2. The molecular weight excluding hydrogens is 430 g/mol. The molecular formula is C32H29NS. The zero-order valence-electron chi connectivity index (χ0n) is 19.7. The fraction of sp³-hybridized carbons (Fsp3) is 0.125. The van der Waals surface area contributed by atoms with Gasteiger partial charge in [0.15, 0.2) is 0 Å². The summed E-state index contributed by atoms with van der Waals surface area (Å²) in [6.45, 7) is 4.27. The van der Waals surface area contributed by atoms with Gasteiger partial charge >= 0.3 is 0 Å². The standard InChI is InChI=1S/C32H29NS/c1-3-10-28-23(2)31(21-25-12-6-7-14-29(25)28)33-27-19-17-24(18-20-27)11-4-5-13-26-22-34-32-16-9-8-15-30(26)32/h3-10,12-21,33H,11,22H2,1-2H3/b5-4-,10-3-,26-13+. The molecule has 1 nitrogen and oxygen atoms in total. The van der Waals surface area contributed by atoms with E-state index in [1.807, 2.05) is 11.8 Å². The van der Waals surface area contributed by atoms with Gasteiger partial charge in [0.05, 0.1) is 0 Å². The van der Waals surface area contributed by atoms with E-state index < -0.39 is 0 Å². The average molecular weight is 460 g/mol. The van der Waals surface area contributed by atoms with E-state index in [0.717, 1.165) is 23.5 Å². The summed E-state index contributed by atoms with van der Waals surface area (Å²) in [5, 5.41) is 6.19. The summed E-state index contributed by atoms with van der Waals surface area (Å²) >= 11 is 1.92. The van der Waals surface area contributed by atoms with Crippen LogP contribution in [0.3, 0.4) is 0 Å². The first-order valence-corrected chi connectivity index (χ1v) is 12.8. The number of benzene rings is 4. The number of rotatable bonds is 6. The third kappa shape index (κ3) is 4.73. The summed E-state index contributed by atoms with van der Waals surface area (Å²) in [5.41, 5.74) is 8.92. The number of allylic oxidation sites excluding steroid dienone is 4. The quantitative estimate of drug-likeness (QED) is 0.308. The highest BCUT2D eigenvalue weighted by Gasteiger charge is 2.14. The summed E-state index contributed by atoms with van der Waals surface area (Å²) in [5.74, 6) is 1.06. The molecule has 4 aromatic carbocycles. The molecule has 4 aromatic rings. The van der Waals surface area contributed by atoms with Crippen molar-refractivity contribution in [3.05, 3.63) is 125 Å². The Morgan fingerprint density at radius 3 is 2.59 bits per heavy atom. The van der Waals surface area contributed by atoms with Crippen LogP contribution in [0.25, 0.3) is 22.4 Å². The molecule has 0 aliphatic carbocycles. The predicted octanol–water partition coefficient (Wildman–Crippen LogP) is 9.21. The van der Waals surface area contributed by atoms with E-state index in [-0.39, 0.29) is 0 Å². The van der Waals surface area contributed by atoms with Gasteiger partial charge < -0.3 is 5.32 Å². The second-order valence-corrected chi connectivity index (χ2v) is 9.63. The number of nitrogens with one attached hydrogen (secondary N) is 1. The van der Waals surface area contributed by atoms with E-state index in [9.17, 15) is 0 Å². The molecule has 1 aliphatic heterocycles. The molecule has 0 unspecified atom stereocenters. The minimum Gasteiger partial charge on any atom is -0.355 e. The summed E-state index contributed by atoms with van der Waals surface area (Å²) in [6, 6.07) is 28.3. The smallest absolute Gasteiger partial charge is 0.0426 e. The molecule has 0 saturated carbocycles. The molecule has 168 valence electrons. The lowest BCUT2D eigenvalue weighted by atomic mass is 9.97. The molecule has 1 heterocycles. The number of anilines is 2. The van der Waals surface area contributed by atoms with Crippen LogP contribution in [0.15, 0.2) is 108 Å². The van der Waals surface area contributed by atoms with Crippen LogP contribution >= 0.6 is 11.8 Å². The van der Waals surface area contributed by atoms with Crippen molar-refractivity contribution in [1.82, 2.24) is 0 Å². The van der Waals surface area contributed by atoms with Gasteiger partial charge in [-0.2, -0.15) is 0 Å². The van der Waals surface area contributed by atoms with Crippen LogP contribution in [0.2, 0.25) is 0 Å². The fourth-order valence-corrected chi connectivity index (χ4v) is 5.58. The molecule has 0 atom stereocenters. The summed E-state index contributed by atoms with van der Waals surface area (Å²) < 4.78 is 0. The number of hydrogen-bond donors (Lipinski definition) is 1. The Hall–Kier alpha value is -3.49. The first-order valence-electron chi connectivity index (χ1n) is 11.8. The molecule has 2 heteroatoms. The molecule has 1 N–H and O–H groups in total. The molecule has 0 aromatic heterocycles. The Kier molecular flexibility index (Phi) is 6.69. The molecule has 0 amide bonds. The van der Waals surface area contributed by atoms with Crippen LogP contribution in [0.4, 0.5) is 11.4 Å². The maximum Gasteiger partial charge on any atom is 0.0426 e. The highest BCUT2D eigenvalue weighted by molar-refractivity contribution is 8.00. The van der Waals surface area contributed by atoms with E-state index in [1.165, 1.54) is 43.5 Å². The summed E-state index contributed by atoms with van der Waals surface area (Å²) in [6.07, 6.45) is 12.0. The lowest BCUT2D eigenvalue weighted by Crippen LogP contribution is -1.96. The first kappa shape index (κ1) is 22.3. The molecule has 0 saturated heterocycles. The molecule has 1 aliphatic rings. The van der Waals surface area contributed by atoms with Crippen LogP contribution in [0, 0.1) is 6.92 Å². The fourth-order valence-electron chi connectivity index (χ4n) is 4.49. The predicted molar refractivity (Wildman–Crippen MR) is 151 cm³/mol. The van der Waals surface area contributed by atoms with E-state index in [2.05, 4.69) is 128 Å². The molecule has 0 spiro atoms. The third-order valence-electron chi connectivity index (χ3n) is 6.33. The lowest BCUT2D eigenvalue weighted by Gasteiger charge is -2.15. The lowest BCUT2D eigenvalue weighted by molar-refractivity contribution is 1.27. The highest BCUT2D eigenvalue weighted by Crippen LogP contribution is 2.38. The minimum absolute atomic E-state index is 0.930. The Labute approximate surface area is 206 Å². The van der Waals surface area contributed by atoms with E-state index in [1.54, 1.807) is 0 Å².